The molecule has 0 aromatic heterocycles. The summed E-state index contributed by atoms with van der Waals surface area (Å²) >= 11 is 0. The molecule has 18 heavy (non-hydrogen) atoms. The van der Waals surface area contributed by atoms with E-state index in [4.69, 9.17) is 5.11 Å². The van der Waals surface area contributed by atoms with Crippen molar-refractivity contribution in [3.8, 4) is 0 Å². The largest absolute Gasteiger partial charge is 0.392 e. The average molecular weight is 250 g/mol. The number of benzene rings is 1. The normalized spacial score (nSPS) is 15.2. The minimum absolute atomic E-state index is 0.0950. The Kier molecular flexibility index (Phi) is 3.81. The van der Waals surface area contributed by atoms with Gasteiger partial charge in [-0.3, -0.25) is 10.1 Å². The van der Waals surface area contributed by atoms with Crippen molar-refractivity contribution in [2.45, 2.75) is 25.9 Å². The summed E-state index contributed by atoms with van der Waals surface area (Å²) in [6, 6.07) is 4.77. The van der Waals surface area contributed by atoms with Gasteiger partial charge in [0.25, 0.3) is 5.69 Å². The third-order valence-corrected chi connectivity index (χ3v) is 3.59. The summed E-state index contributed by atoms with van der Waals surface area (Å²) in [5.74, 6) is 0.646. The van der Waals surface area contributed by atoms with Crippen molar-refractivity contribution in [1.29, 1.82) is 0 Å². The van der Waals surface area contributed by atoms with Crippen LogP contribution in [0.1, 0.15) is 24.8 Å². The van der Waals surface area contributed by atoms with Gasteiger partial charge in [0.05, 0.1) is 11.5 Å². The van der Waals surface area contributed by atoms with Gasteiger partial charge in [-0.15, -0.1) is 0 Å². The molecule has 1 saturated carbocycles. The van der Waals surface area contributed by atoms with Gasteiger partial charge >= 0.3 is 0 Å². The number of nitro benzene ring substituents is 1. The lowest BCUT2D eigenvalue weighted by Crippen LogP contribution is -2.29. The van der Waals surface area contributed by atoms with Crippen LogP contribution in [0, 0.1) is 16.0 Å². The molecule has 5 nitrogen and oxygen atoms in total. The van der Waals surface area contributed by atoms with Gasteiger partial charge in [-0.1, -0.05) is 6.42 Å². The standard InChI is InChI=1S/C13H18N2O3/c1-14(8-10-3-2-4-10)13-7-11(9-16)5-6-12(13)15(17)18/h5-7,10,16H,2-4,8-9H2,1H3. The van der Waals surface area contributed by atoms with Crippen LogP contribution in [0.15, 0.2) is 18.2 Å². The molecule has 1 aliphatic carbocycles. The van der Waals surface area contributed by atoms with E-state index in [1.165, 1.54) is 25.3 Å². The number of rotatable bonds is 5. The Bertz CT molecular complexity index is 444. The maximum Gasteiger partial charge on any atom is 0.292 e. The predicted octanol–water partition coefficient (Wildman–Crippen LogP) is 2.32. The van der Waals surface area contributed by atoms with E-state index in [0.29, 0.717) is 17.2 Å². The Morgan fingerprint density at radius 3 is 2.72 bits per heavy atom. The molecule has 0 unspecified atom stereocenters. The summed E-state index contributed by atoms with van der Waals surface area (Å²) in [6.07, 6.45) is 3.67. The first kappa shape index (κ1) is 12.8. The van der Waals surface area contributed by atoms with E-state index in [1.54, 1.807) is 12.1 Å². The second kappa shape index (κ2) is 5.35. The summed E-state index contributed by atoms with van der Waals surface area (Å²) in [6.45, 7) is 0.748. The Balaban J connectivity index is 2.23. The Morgan fingerprint density at radius 2 is 2.22 bits per heavy atom. The average Bonchev–Trinajstić information content (AvgIpc) is 2.32. The topological polar surface area (TPSA) is 66.6 Å². The molecular weight excluding hydrogens is 232 g/mol. The molecule has 1 aromatic carbocycles. The molecule has 0 saturated heterocycles. The molecule has 1 aromatic rings. The molecular formula is C13H18N2O3. The van der Waals surface area contributed by atoms with Crippen LogP contribution in [-0.2, 0) is 6.61 Å². The molecule has 0 aliphatic heterocycles. The third-order valence-electron chi connectivity index (χ3n) is 3.59. The molecule has 1 aliphatic rings. The molecule has 0 atom stereocenters. The van der Waals surface area contributed by atoms with Crippen LogP contribution in [0.5, 0.6) is 0 Å². The van der Waals surface area contributed by atoms with E-state index in [0.717, 1.165) is 6.54 Å². The summed E-state index contributed by atoms with van der Waals surface area (Å²) in [5.41, 5.74) is 1.41. The lowest BCUT2D eigenvalue weighted by atomic mass is 9.85. The summed E-state index contributed by atoms with van der Waals surface area (Å²) in [4.78, 5) is 12.6. The molecule has 0 bridgehead atoms. The number of nitro groups is 1. The maximum absolute atomic E-state index is 11.0. The van der Waals surface area contributed by atoms with Gasteiger partial charge in [0.2, 0.25) is 0 Å². The highest BCUT2D eigenvalue weighted by Gasteiger charge is 2.23. The van der Waals surface area contributed by atoms with Crippen molar-refractivity contribution < 1.29 is 10.0 Å². The van der Waals surface area contributed by atoms with E-state index < -0.39 is 0 Å². The van der Waals surface area contributed by atoms with Crippen LogP contribution in [0.3, 0.4) is 0 Å². The van der Waals surface area contributed by atoms with Crippen LogP contribution in [0.4, 0.5) is 11.4 Å². The lowest BCUT2D eigenvalue weighted by Gasteiger charge is -2.31. The molecule has 5 heteroatoms. The van der Waals surface area contributed by atoms with Gasteiger partial charge < -0.3 is 10.0 Å². The van der Waals surface area contributed by atoms with Crippen LogP contribution in [0.2, 0.25) is 0 Å². The number of aliphatic hydroxyl groups excluding tert-OH is 1. The number of hydrogen-bond acceptors (Lipinski definition) is 4. The fourth-order valence-electron chi connectivity index (χ4n) is 2.29. The number of nitrogens with zero attached hydrogens (tertiary/aromatic N) is 2. The molecule has 0 heterocycles. The SMILES string of the molecule is CN(CC1CCC1)c1cc(CO)ccc1[N+](=O)[O-]. The fraction of sp³-hybridized carbons (Fsp3) is 0.538. The minimum Gasteiger partial charge on any atom is -0.392 e. The van der Waals surface area contributed by atoms with Crippen molar-refractivity contribution in [2.75, 3.05) is 18.5 Å². The second-order valence-electron chi connectivity index (χ2n) is 4.92. The Hall–Kier alpha value is -1.62. The Morgan fingerprint density at radius 1 is 1.50 bits per heavy atom. The molecule has 0 radical (unpaired) electrons. The van der Waals surface area contributed by atoms with Gasteiger partial charge in [-0.25, -0.2) is 0 Å². The van der Waals surface area contributed by atoms with Crippen molar-refractivity contribution >= 4 is 11.4 Å². The third kappa shape index (κ3) is 2.61. The number of aliphatic hydroxyl groups is 1. The highest BCUT2D eigenvalue weighted by molar-refractivity contribution is 5.64. The van der Waals surface area contributed by atoms with E-state index in [9.17, 15) is 10.1 Å². The predicted molar refractivity (Wildman–Crippen MR) is 69.6 cm³/mol. The van der Waals surface area contributed by atoms with E-state index in [-0.39, 0.29) is 17.2 Å². The minimum atomic E-state index is -0.367. The van der Waals surface area contributed by atoms with Crippen LogP contribution >= 0.6 is 0 Å². The first-order valence-corrected chi connectivity index (χ1v) is 6.21. The second-order valence-corrected chi connectivity index (χ2v) is 4.92. The molecule has 0 spiro atoms. The first-order chi connectivity index (χ1) is 8.61. The molecule has 2 rings (SSSR count). The summed E-state index contributed by atoms with van der Waals surface area (Å²) < 4.78 is 0. The van der Waals surface area contributed by atoms with Gasteiger partial charge in [0, 0.05) is 19.7 Å². The summed E-state index contributed by atoms with van der Waals surface area (Å²) in [7, 11) is 1.88. The Labute approximate surface area is 106 Å². The zero-order chi connectivity index (χ0) is 13.1. The van der Waals surface area contributed by atoms with Gasteiger partial charge in [0.1, 0.15) is 5.69 Å². The fourth-order valence-corrected chi connectivity index (χ4v) is 2.29. The molecule has 1 fully saturated rings. The van der Waals surface area contributed by atoms with Crippen LogP contribution < -0.4 is 4.90 Å². The van der Waals surface area contributed by atoms with E-state index in [1.807, 2.05) is 11.9 Å². The highest BCUT2D eigenvalue weighted by Crippen LogP contribution is 2.32. The quantitative estimate of drug-likeness (QED) is 0.643. The molecule has 0 amide bonds. The van der Waals surface area contributed by atoms with Gasteiger partial charge in [0.15, 0.2) is 0 Å². The van der Waals surface area contributed by atoms with Gasteiger partial charge in [-0.05, 0) is 36.5 Å². The molecule has 1 N–H and O–H groups in total. The lowest BCUT2D eigenvalue weighted by molar-refractivity contribution is -0.384. The van der Waals surface area contributed by atoms with Crippen molar-refractivity contribution in [1.82, 2.24) is 0 Å². The smallest absolute Gasteiger partial charge is 0.292 e. The zero-order valence-electron chi connectivity index (χ0n) is 10.5. The van der Waals surface area contributed by atoms with Crippen LogP contribution in [0.25, 0.3) is 0 Å². The van der Waals surface area contributed by atoms with E-state index in [2.05, 4.69) is 0 Å². The monoisotopic (exact) mass is 250 g/mol. The highest BCUT2D eigenvalue weighted by atomic mass is 16.6. The van der Waals surface area contributed by atoms with Crippen molar-refractivity contribution in [3.63, 3.8) is 0 Å². The first-order valence-electron chi connectivity index (χ1n) is 6.21. The maximum atomic E-state index is 11.0. The zero-order valence-corrected chi connectivity index (χ0v) is 10.5. The van der Waals surface area contributed by atoms with E-state index >= 15 is 0 Å². The van der Waals surface area contributed by atoms with Crippen molar-refractivity contribution in [3.05, 3.63) is 33.9 Å². The molecule has 98 valence electrons. The number of hydrogen-bond donors (Lipinski definition) is 1. The van der Waals surface area contributed by atoms with Gasteiger partial charge in [-0.2, -0.15) is 0 Å². The summed E-state index contributed by atoms with van der Waals surface area (Å²) in [5, 5.41) is 20.1. The van der Waals surface area contributed by atoms with Crippen molar-refractivity contribution in [2.24, 2.45) is 5.92 Å². The van der Waals surface area contributed by atoms with Crippen LogP contribution in [-0.4, -0.2) is 23.6 Å². The number of anilines is 1.